The fourth-order valence-electron chi connectivity index (χ4n) is 3.23. The molecule has 0 spiro atoms. The van der Waals surface area contributed by atoms with E-state index in [0.717, 1.165) is 0 Å². The van der Waals surface area contributed by atoms with E-state index in [2.05, 4.69) is 10.2 Å². The SMILES string of the molecule is COc1cc([C@H]2C(C#N)=C(N)Oc3n[nH]c(C(C)(C)C)c32)cc([N+](=O)[O-])c1O. The van der Waals surface area contributed by atoms with Crippen molar-refractivity contribution in [3.05, 3.63) is 50.5 Å². The lowest BCUT2D eigenvalue weighted by molar-refractivity contribution is -0.386. The van der Waals surface area contributed by atoms with Crippen molar-refractivity contribution in [2.45, 2.75) is 32.1 Å². The topological polar surface area (TPSA) is 160 Å². The molecule has 10 heteroatoms. The van der Waals surface area contributed by atoms with Gasteiger partial charge in [-0.05, 0) is 11.6 Å². The minimum absolute atomic E-state index is 0.0847. The Kier molecular flexibility index (Phi) is 4.39. The number of aromatic amines is 1. The van der Waals surface area contributed by atoms with Gasteiger partial charge in [-0.15, -0.1) is 5.10 Å². The lowest BCUT2D eigenvalue weighted by Gasteiger charge is -2.27. The molecule has 0 saturated carbocycles. The Balaban J connectivity index is 2.35. The molecule has 10 nitrogen and oxygen atoms in total. The van der Waals surface area contributed by atoms with Crippen molar-refractivity contribution in [3.63, 3.8) is 0 Å². The fraction of sp³-hybridized carbons (Fsp3) is 0.333. The highest BCUT2D eigenvalue weighted by Crippen LogP contribution is 2.48. The van der Waals surface area contributed by atoms with Gasteiger partial charge in [-0.3, -0.25) is 15.2 Å². The average molecular weight is 385 g/mol. The maximum absolute atomic E-state index is 11.4. The van der Waals surface area contributed by atoms with Crippen LogP contribution in [0.1, 0.15) is 43.5 Å². The predicted molar refractivity (Wildman–Crippen MR) is 97.9 cm³/mol. The Morgan fingerprint density at radius 2 is 2.14 bits per heavy atom. The van der Waals surface area contributed by atoms with Crippen LogP contribution in [0.4, 0.5) is 5.69 Å². The van der Waals surface area contributed by atoms with Crippen molar-refractivity contribution >= 4 is 5.69 Å². The summed E-state index contributed by atoms with van der Waals surface area (Å²) in [6, 6.07) is 4.66. The third kappa shape index (κ3) is 2.87. The number of rotatable bonds is 3. The molecular weight excluding hydrogens is 366 g/mol. The molecule has 0 unspecified atom stereocenters. The van der Waals surface area contributed by atoms with Crippen molar-refractivity contribution in [2.75, 3.05) is 7.11 Å². The third-order valence-corrected chi connectivity index (χ3v) is 4.52. The number of methoxy groups -OCH3 is 1. The first-order valence-corrected chi connectivity index (χ1v) is 8.31. The molecule has 1 aromatic carbocycles. The quantitative estimate of drug-likeness (QED) is 0.536. The van der Waals surface area contributed by atoms with E-state index < -0.39 is 22.3 Å². The van der Waals surface area contributed by atoms with E-state index in [1.807, 2.05) is 26.8 Å². The Morgan fingerprint density at radius 1 is 1.46 bits per heavy atom. The molecular formula is C18H19N5O5. The second kappa shape index (κ2) is 6.45. The molecule has 0 radical (unpaired) electrons. The molecule has 28 heavy (non-hydrogen) atoms. The first-order chi connectivity index (χ1) is 13.1. The standard InChI is InChI=1S/C18H19N5O5/c1-18(2,3)15-13-12(9(7-19)16(20)28-17(13)22-21-15)8-5-10(23(25)26)14(24)11(6-8)27-4/h5-6,12,24H,20H2,1-4H3,(H,21,22)/t12-/m0/s1. The zero-order valence-electron chi connectivity index (χ0n) is 15.7. The molecule has 0 aliphatic carbocycles. The number of nitro benzene ring substituents is 1. The molecule has 0 amide bonds. The summed E-state index contributed by atoms with van der Waals surface area (Å²) in [5.74, 6) is -1.41. The van der Waals surface area contributed by atoms with Crippen LogP contribution in [0.2, 0.25) is 0 Å². The highest BCUT2D eigenvalue weighted by molar-refractivity contribution is 5.63. The second-order valence-corrected chi connectivity index (χ2v) is 7.34. The number of phenols is 1. The van der Waals surface area contributed by atoms with Crippen LogP contribution in [0.5, 0.6) is 17.4 Å². The van der Waals surface area contributed by atoms with Gasteiger partial charge in [0, 0.05) is 17.2 Å². The van der Waals surface area contributed by atoms with Gasteiger partial charge in [0.25, 0.3) is 0 Å². The summed E-state index contributed by atoms with van der Waals surface area (Å²) in [5, 5.41) is 38.3. The minimum atomic E-state index is -0.782. The number of fused-ring (bicyclic) bond motifs is 1. The number of phenolic OH excluding ortho intramolecular Hbond substituents is 1. The number of nitrogens with two attached hydrogens (primary N) is 1. The molecule has 0 saturated heterocycles. The number of nitrogens with one attached hydrogen (secondary N) is 1. The van der Waals surface area contributed by atoms with Gasteiger partial charge in [0.2, 0.25) is 17.5 Å². The first-order valence-electron chi connectivity index (χ1n) is 8.31. The van der Waals surface area contributed by atoms with E-state index in [0.29, 0.717) is 16.8 Å². The second-order valence-electron chi connectivity index (χ2n) is 7.34. The van der Waals surface area contributed by atoms with Crippen LogP contribution in [0.25, 0.3) is 0 Å². The number of nitriles is 1. The number of nitrogens with zero attached hydrogens (tertiary/aromatic N) is 3. The molecule has 1 aliphatic heterocycles. The van der Waals surface area contributed by atoms with Crippen LogP contribution in [0.15, 0.2) is 23.6 Å². The van der Waals surface area contributed by atoms with Crippen molar-refractivity contribution in [1.29, 1.82) is 5.26 Å². The van der Waals surface area contributed by atoms with Crippen LogP contribution < -0.4 is 15.2 Å². The average Bonchev–Trinajstić information content (AvgIpc) is 3.04. The summed E-state index contributed by atoms with van der Waals surface area (Å²) in [6.07, 6.45) is 0. The summed E-state index contributed by atoms with van der Waals surface area (Å²) in [4.78, 5) is 10.7. The van der Waals surface area contributed by atoms with E-state index in [-0.39, 0.29) is 28.5 Å². The molecule has 4 N–H and O–H groups in total. The summed E-state index contributed by atoms with van der Waals surface area (Å²) in [5.41, 5.74) is 6.67. The normalized spacial score (nSPS) is 16.2. The number of ether oxygens (including phenoxy) is 2. The fourth-order valence-corrected chi connectivity index (χ4v) is 3.23. The Morgan fingerprint density at radius 3 is 2.68 bits per heavy atom. The Hall–Kier alpha value is -3.74. The number of hydrogen-bond donors (Lipinski definition) is 3. The van der Waals surface area contributed by atoms with E-state index in [9.17, 15) is 20.5 Å². The molecule has 146 valence electrons. The summed E-state index contributed by atoms with van der Waals surface area (Å²) in [7, 11) is 1.28. The van der Waals surface area contributed by atoms with Gasteiger partial charge in [-0.2, -0.15) is 5.26 Å². The highest BCUT2D eigenvalue weighted by atomic mass is 16.6. The number of hydrogen-bond acceptors (Lipinski definition) is 8. The smallest absolute Gasteiger partial charge is 0.314 e. The summed E-state index contributed by atoms with van der Waals surface area (Å²) in [6.45, 7) is 5.85. The van der Waals surface area contributed by atoms with Crippen LogP contribution in [-0.2, 0) is 5.41 Å². The molecule has 2 aromatic rings. The van der Waals surface area contributed by atoms with Gasteiger partial charge >= 0.3 is 5.69 Å². The van der Waals surface area contributed by atoms with Crippen LogP contribution in [0, 0.1) is 21.4 Å². The summed E-state index contributed by atoms with van der Waals surface area (Å²) < 4.78 is 10.6. The van der Waals surface area contributed by atoms with E-state index in [1.165, 1.54) is 19.2 Å². The lowest BCUT2D eigenvalue weighted by atomic mass is 9.78. The van der Waals surface area contributed by atoms with E-state index in [1.54, 1.807) is 0 Å². The molecule has 1 atom stereocenters. The minimum Gasteiger partial charge on any atom is -0.500 e. The third-order valence-electron chi connectivity index (χ3n) is 4.52. The first kappa shape index (κ1) is 19.0. The van der Waals surface area contributed by atoms with Gasteiger partial charge in [0.15, 0.2) is 5.75 Å². The van der Waals surface area contributed by atoms with Crippen LogP contribution in [-0.4, -0.2) is 27.3 Å². The molecule has 0 fully saturated rings. The van der Waals surface area contributed by atoms with Crippen molar-refractivity contribution in [2.24, 2.45) is 5.73 Å². The monoisotopic (exact) mass is 385 g/mol. The number of H-pyrrole nitrogens is 1. The van der Waals surface area contributed by atoms with Crippen LogP contribution >= 0.6 is 0 Å². The van der Waals surface area contributed by atoms with Gasteiger partial charge in [0.05, 0.1) is 23.5 Å². The lowest BCUT2D eigenvalue weighted by Crippen LogP contribution is -2.24. The maximum atomic E-state index is 11.4. The summed E-state index contributed by atoms with van der Waals surface area (Å²) >= 11 is 0. The number of allylic oxidation sites excluding steroid dienone is 1. The Labute approximate surface area is 160 Å². The van der Waals surface area contributed by atoms with Gasteiger partial charge < -0.3 is 20.3 Å². The zero-order chi connectivity index (χ0) is 20.8. The number of aromatic hydroxyl groups is 1. The number of benzene rings is 1. The largest absolute Gasteiger partial charge is 0.500 e. The maximum Gasteiger partial charge on any atom is 0.314 e. The molecule has 2 heterocycles. The van der Waals surface area contributed by atoms with Crippen LogP contribution in [0.3, 0.4) is 0 Å². The van der Waals surface area contributed by atoms with Crippen molar-refractivity contribution in [3.8, 4) is 23.4 Å². The molecule has 1 aromatic heterocycles. The van der Waals surface area contributed by atoms with Gasteiger partial charge in [-0.1, -0.05) is 20.8 Å². The number of nitro groups is 1. The highest BCUT2D eigenvalue weighted by Gasteiger charge is 2.39. The van der Waals surface area contributed by atoms with E-state index in [4.69, 9.17) is 15.2 Å². The van der Waals surface area contributed by atoms with Gasteiger partial charge in [-0.25, -0.2) is 0 Å². The van der Waals surface area contributed by atoms with Crippen molar-refractivity contribution < 1.29 is 19.5 Å². The zero-order valence-corrected chi connectivity index (χ0v) is 15.7. The predicted octanol–water partition coefficient (Wildman–Crippen LogP) is 2.55. The molecule has 3 rings (SSSR count). The molecule has 0 bridgehead atoms. The van der Waals surface area contributed by atoms with Crippen molar-refractivity contribution in [1.82, 2.24) is 10.2 Å². The number of aromatic nitrogens is 2. The Bertz CT molecular complexity index is 1040. The van der Waals surface area contributed by atoms with E-state index >= 15 is 0 Å². The van der Waals surface area contributed by atoms with Gasteiger partial charge in [0.1, 0.15) is 11.6 Å². The molecule has 1 aliphatic rings.